The van der Waals surface area contributed by atoms with Crippen molar-refractivity contribution in [3.63, 3.8) is 0 Å². The van der Waals surface area contributed by atoms with E-state index in [1.807, 2.05) is 0 Å². The Bertz CT molecular complexity index is 626. The van der Waals surface area contributed by atoms with E-state index in [1.54, 1.807) is 0 Å². The summed E-state index contributed by atoms with van der Waals surface area (Å²) in [6.07, 6.45) is -9.51. The zero-order valence-corrected chi connectivity index (χ0v) is 13.3. The lowest BCUT2D eigenvalue weighted by atomic mass is 9.80. The predicted molar refractivity (Wildman–Crippen MR) is 76.8 cm³/mol. The van der Waals surface area contributed by atoms with Crippen LogP contribution in [0.15, 0.2) is 18.2 Å². The molecule has 0 aliphatic heterocycles. The number of hydrogen-bond donors (Lipinski definition) is 0. The number of benzene rings is 1. The molecule has 1 fully saturated rings. The average molecular weight is 366 g/mol. The van der Waals surface area contributed by atoms with E-state index in [9.17, 15) is 35.9 Å². The van der Waals surface area contributed by atoms with E-state index in [1.165, 1.54) is 6.92 Å². The topological polar surface area (TPSA) is 34.1 Å². The lowest BCUT2D eigenvalue weighted by molar-refractivity contribution is -0.143. The quantitative estimate of drug-likeness (QED) is 0.547. The molecule has 0 amide bonds. The summed E-state index contributed by atoms with van der Waals surface area (Å²) in [5.74, 6) is -1.48. The maximum absolute atomic E-state index is 12.9. The van der Waals surface area contributed by atoms with Crippen LogP contribution >= 0.6 is 0 Å². The molecular formula is C17H16F6O2. The zero-order chi connectivity index (χ0) is 19.0. The molecular weight excluding hydrogens is 350 g/mol. The molecule has 2 nitrogen and oxygen atoms in total. The van der Waals surface area contributed by atoms with E-state index in [-0.39, 0.29) is 54.8 Å². The fraction of sp³-hybridized carbons (Fsp3) is 0.529. The first-order valence-electron chi connectivity index (χ1n) is 7.69. The van der Waals surface area contributed by atoms with Gasteiger partial charge in [-0.3, -0.25) is 9.59 Å². The molecule has 0 aromatic heterocycles. The minimum atomic E-state index is -4.90. The third kappa shape index (κ3) is 5.06. The molecule has 0 heterocycles. The van der Waals surface area contributed by atoms with Crippen molar-refractivity contribution in [1.82, 2.24) is 0 Å². The molecule has 0 saturated heterocycles. The van der Waals surface area contributed by atoms with Crippen LogP contribution in [-0.4, -0.2) is 11.6 Å². The van der Waals surface area contributed by atoms with Gasteiger partial charge < -0.3 is 0 Å². The van der Waals surface area contributed by atoms with Crippen molar-refractivity contribution in [3.8, 4) is 0 Å². The average Bonchev–Trinajstić information content (AvgIpc) is 2.43. The van der Waals surface area contributed by atoms with E-state index in [4.69, 9.17) is 0 Å². The summed E-state index contributed by atoms with van der Waals surface area (Å²) in [5, 5.41) is 0. The normalized spacial score (nSPS) is 18.5. The SMILES string of the molecule is C[C@H](CC1CC(=O)CC(=O)C1)c1cc(C(F)(F)F)cc(C(F)(F)F)c1. The number of carbonyl (C=O) groups excluding carboxylic acids is 2. The molecule has 1 aromatic rings. The monoisotopic (exact) mass is 366 g/mol. The summed E-state index contributed by atoms with van der Waals surface area (Å²) in [7, 11) is 0. The highest BCUT2D eigenvalue weighted by Gasteiger charge is 2.37. The summed E-state index contributed by atoms with van der Waals surface area (Å²) in [6, 6.07) is 1.49. The van der Waals surface area contributed by atoms with Crippen molar-refractivity contribution in [2.45, 2.75) is 50.9 Å². The van der Waals surface area contributed by atoms with Gasteiger partial charge in [-0.05, 0) is 42.0 Å². The van der Waals surface area contributed by atoms with Crippen LogP contribution in [0.1, 0.15) is 55.2 Å². The fourth-order valence-corrected chi connectivity index (χ4v) is 3.15. The molecule has 1 aliphatic rings. The summed E-state index contributed by atoms with van der Waals surface area (Å²) in [4.78, 5) is 22.9. The Hall–Kier alpha value is -1.86. The van der Waals surface area contributed by atoms with Gasteiger partial charge in [0.05, 0.1) is 17.5 Å². The largest absolute Gasteiger partial charge is 0.416 e. The molecule has 0 unspecified atom stereocenters. The molecule has 2 rings (SSSR count). The third-order valence-electron chi connectivity index (χ3n) is 4.29. The first kappa shape index (κ1) is 19.5. The van der Waals surface area contributed by atoms with Gasteiger partial charge in [-0.25, -0.2) is 0 Å². The smallest absolute Gasteiger partial charge is 0.299 e. The second-order valence-electron chi connectivity index (χ2n) is 6.50. The van der Waals surface area contributed by atoms with E-state index >= 15 is 0 Å². The Balaban J connectivity index is 2.30. The molecule has 1 aromatic carbocycles. The molecule has 138 valence electrons. The Morgan fingerprint density at radius 2 is 1.36 bits per heavy atom. The van der Waals surface area contributed by atoms with Gasteiger partial charge in [0.2, 0.25) is 0 Å². The van der Waals surface area contributed by atoms with Crippen molar-refractivity contribution < 1.29 is 35.9 Å². The van der Waals surface area contributed by atoms with Crippen molar-refractivity contribution in [2.24, 2.45) is 5.92 Å². The van der Waals surface area contributed by atoms with Gasteiger partial charge in [0.1, 0.15) is 11.6 Å². The van der Waals surface area contributed by atoms with E-state index in [0.717, 1.165) is 0 Å². The lowest BCUT2D eigenvalue weighted by Gasteiger charge is -2.24. The summed E-state index contributed by atoms with van der Waals surface area (Å²) in [5.41, 5.74) is -2.83. The van der Waals surface area contributed by atoms with Gasteiger partial charge in [-0.1, -0.05) is 6.92 Å². The first-order chi connectivity index (χ1) is 11.4. The zero-order valence-electron chi connectivity index (χ0n) is 13.3. The second kappa shape index (κ2) is 6.80. The number of halogens is 6. The number of Topliss-reactive ketones (excluding diaryl/α,β-unsaturated/α-hetero) is 2. The minimum Gasteiger partial charge on any atom is -0.299 e. The van der Waals surface area contributed by atoms with Crippen LogP contribution in [-0.2, 0) is 21.9 Å². The van der Waals surface area contributed by atoms with E-state index in [2.05, 4.69) is 0 Å². The maximum atomic E-state index is 12.9. The van der Waals surface area contributed by atoms with Crippen LogP contribution < -0.4 is 0 Å². The lowest BCUT2D eigenvalue weighted by Crippen LogP contribution is -2.23. The Labute approximate surface area is 140 Å². The van der Waals surface area contributed by atoms with Crippen molar-refractivity contribution >= 4 is 11.6 Å². The van der Waals surface area contributed by atoms with Crippen LogP contribution in [0, 0.1) is 5.92 Å². The van der Waals surface area contributed by atoms with Crippen LogP contribution in [0.25, 0.3) is 0 Å². The fourth-order valence-electron chi connectivity index (χ4n) is 3.15. The van der Waals surface area contributed by atoms with Gasteiger partial charge in [0.15, 0.2) is 0 Å². The van der Waals surface area contributed by atoms with E-state index < -0.39 is 29.4 Å². The molecule has 1 saturated carbocycles. The van der Waals surface area contributed by atoms with Crippen LogP contribution in [0.2, 0.25) is 0 Å². The van der Waals surface area contributed by atoms with Gasteiger partial charge in [-0.2, -0.15) is 26.3 Å². The number of hydrogen-bond acceptors (Lipinski definition) is 2. The van der Waals surface area contributed by atoms with Crippen LogP contribution in [0.3, 0.4) is 0 Å². The highest BCUT2D eigenvalue weighted by molar-refractivity contribution is 6.01. The second-order valence-corrected chi connectivity index (χ2v) is 6.50. The molecule has 8 heteroatoms. The molecule has 0 spiro atoms. The number of alkyl halides is 6. The van der Waals surface area contributed by atoms with Gasteiger partial charge in [0, 0.05) is 12.8 Å². The van der Waals surface area contributed by atoms with E-state index in [0.29, 0.717) is 12.1 Å². The van der Waals surface area contributed by atoms with Crippen molar-refractivity contribution in [3.05, 3.63) is 34.9 Å². The van der Waals surface area contributed by atoms with Gasteiger partial charge >= 0.3 is 12.4 Å². The minimum absolute atomic E-state index is 0.0872. The molecule has 1 atom stereocenters. The summed E-state index contributed by atoms with van der Waals surface area (Å²) in [6.45, 7) is 1.50. The predicted octanol–water partition coefficient (Wildman–Crippen LogP) is 5.16. The molecule has 0 N–H and O–H groups in total. The summed E-state index contributed by atoms with van der Waals surface area (Å²) >= 11 is 0. The highest BCUT2D eigenvalue weighted by atomic mass is 19.4. The molecule has 25 heavy (non-hydrogen) atoms. The number of carbonyl (C=O) groups is 2. The molecule has 0 radical (unpaired) electrons. The van der Waals surface area contributed by atoms with Crippen LogP contribution in [0.4, 0.5) is 26.3 Å². The van der Waals surface area contributed by atoms with Crippen LogP contribution in [0.5, 0.6) is 0 Å². The number of ketones is 2. The number of rotatable bonds is 3. The van der Waals surface area contributed by atoms with Gasteiger partial charge in [0.25, 0.3) is 0 Å². The molecule has 1 aliphatic carbocycles. The van der Waals surface area contributed by atoms with Gasteiger partial charge in [-0.15, -0.1) is 0 Å². The first-order valence-corrected chi connectivity index (χ1v) is 7.69. The van der Waals surface area contributed by atoms with Crippen molar-refractivity contribution in [1.29, 1.82) is 0 Å². The Morgan fingerprint density at radius 3 is 1.76 bits per heavy atom. The summed E-state index contributed by atoms with van der Waals surface area (Å²) < 4.78 is 77.4. The molecule has 0 bridgehead atoms. The Morgan fingerprint density at radius 1 is 0.920 bits per heavy atom. The third-order valence-corrected chi connectivity index (χ3v) is 4.29. The standard InChI is InChI=1S/C17H16F6O2/c1-9(2-10-3-14(24)8-15(25)4-10)11-5-12(16(18,19)20)7-13(6-11)17(21,22)23/h5-7,9-10H,2-4,8H2,1H3/t9-/m1/s1. The van der Waals surface area contributed by atoms with Crippen molar-refractivity contribution in [2.75, 3.05) is 0 Å². The maximum Gasteiger partial charge on any atom is 0.416 e. The Kier molecular flexibility index (Phi) is 5.30. The highest BCUT2D eigenvalue weighted by Crippen LogP contribution is 2.39.